The SMILES string of the molecule is CC(C)N1CCC(C)(C(N)=NO)CC1. The zero-order chi connectivity index (χ0) is 10.8. The third-order valence-electron chi connectivity index (χ3n) is 3.36. The first-order chi connectivity index (χ1) is 6.49. The van der Waals surface area contributed by atoms with Crippen LogP contribution in [0, 0.1) is 5.41 Å². The number of nitrogens with zero attached hydrogens (tertiary/aromatic N) is 2. The van der Waals surface area contributed by atoms with Crippen molar-refractivity contribution in [2.75, 3.05) is 13.1 Å². The molecule has 4 heteroatoms. The summed E-state index contributed by atoms with van der Waals surface area (Å²) in [6.45, 7) is 8.53. The predicted molar refractivity (Wildman–Crippen MR) is 57.5 cm³/mol. The monoisotopic (exact) mass is 199 g/mol. The van der Waals surface area contributed by atoms with Crippen LogP contribution in [0.5, 0.6) is 0 Å². The molecule has 0 amide bonds. The summed E-state index contributed by atoms with van der Waals surface area (Å²) < 4.78 is 0. The summed E-state index contributed by atoms with van der Waals surface area (Å²) in [6, 6.07) is 0.590. The van der Waals surface area contributed by atoms with Gasteiger partial charge in [0.25, 0.3) is 0 Å². The summed E-state index contributed by atoms with van der Waals surface area (Å²) in [7, 11) is 0. The van der Waals surface area contributed by atoms with Crippen molar-refractivity contribution < 1.29 is 5.21 Å². The maximum atomic E-state index is 8.68. The fraction of sp³-hybridized carbons (Fsp3) is 0.900. The van der Waals surface area contributed by atoms with Crippen LogP contribution >= 0.6 is 0 Å². The highest BCUT2D eigenvalue weighted by atomic mass is 16.4. The van der Waals surface area contributed by atoms with Gasteiger partial charge in [0.15, 0.2) is 0 Å². The molecule has 1 rings (SSSR count). The molecule has 0 aromatic heterocycles. The van der Waals surface area contributed by atoms with E-state index in [1.165, 1.54) is 0 Å². The van der Waals surface area contributed by atoms with Crippen LogP contribution < -0.4 is 5.73 Å². The molecule has 1 heterocycles. The second kappa shape index (κ2) is 4.17. The molecular formula is C10H21N3O. The van der Waals surface area contributed by atoms with E-state index in [9.17, 15) is 0 Å². The first kappa shape index (κ1) is 11.3. The molecule has 0 saturated carbocycles. The normalized spacial score (nSPS) is 24.1. The van der Waals surface area contributed by atoms with Gasteiger partial charge in [-0.05, 0) is 39.8 Å². The van der Waals surface area contributed by atoms with Gasteiger partial charge in [-0.3, -0.25) is 0 Å². The number of likely N-dealkylation sites (tertiary alicyclic amines) is 1. The molecule has 1 saturated heterocycles. The molecule has 0 unspecified atom stereocenters. The van der Waals surface area contributed by atoms with Crippen LogP contribution in [-0.4, -0.2) is 35.1 Å². The Labute approximate surface area is 85.8 Å². The molecular weight excluding hydrogens is 178 g/mol. The van der Waals surface area contributed by atoms with E-state index in [2.05, 4.69) is 30.8 Å². The molecule has 0 aromatic carbocycles. The number of hydrogen-bond acceptors (Lipinski definition) is 3. The summed E-state index contributed by atoms with van der Waals surface area (Å²) in [5.41, 5.74) is 5.57. The molecule has 3 N–H and O–H groups in total. The van der Waals surface area contributed by atoms with Gasteiger partial charge in [0.2, 0.25) is 0 Å². The van der Waals surface area contributed by atoms with Crippen molar-refractivity contribution >= 4 is 5.84 Å². The highest BCUT2D eigenvalue weighted by Crippen LogP contribution is 2.31. The van der Waals surface area contributed by atoms with Crippen molar-refractivity contribution in [2.45, 2.75) is 39.7 Å². The lowest BCUT2D eigenvalue weighted by molar-refractivity contribution is 0.129. The third-order valence-corrected chi connectivity index (χ3v) is 3.36. The number of hydrogen-bond donors (Lipinski definition) is 2. The lowest BCUT2D eigenvalue weighted by Crippen LogP contribution is -2.47. The molecule has 1 fully saturated rings. The average Bonchev–Trinajstić information content (AvgIpc) is 2.17. The van der Waals surface area contributed by atoms with Gasteiger partial charge >= 0.3 is 0 Å². The molecule has 0 bridgehead atoms. The van der Waals surface area contributed by atoms with Gasteiger partial charge in [0, 0.05) is 11.5 Å². The molecule has 0 atom stereocenters. The van der Waals surface area contributed by atoms with E-state index >= 15 is 0 Å². The van der Waals surface area contributed by atoms with Gasteiger partial charge in [-0.1, -0.05) is 12.1 Å². The van der Waals surface area contributed by atoms with E-state index in [0.29, 0.717) is 11.9 Å². The number of amidine groups is 1. The van der Waals surface area contributed by atoms with E-state index in [4.69, 9.17) is 10.9 Å². The Bertz CT molecular complexity index is 217. The Hall–Kier alpha value is -0.770. The van der Waals surface area contributed by atoms with Gasteiger partial charge in [0.05, 0.1) is 0 Å². The van der Waals surface area contributed by atoms with E-state index in [0.717, 1.165) is 25.9 Å². The molecule has 1 aliphatic heterocycles. The molecule has 4 nitrogen and oxygen atoms in total. The first-order valence-corrected chi connectivity index (χ1v) is 5.21. The second-order valence-corrected chi connectivity index (χ2v) is 4.68. The number of piperidine rings is 1. The van der Waals surface area contributed by atoms with Crippen LogP contribution in [0.25, 0.3) is 0 Å². The van der Waals surface area contributed by atoms with Gasteiger partial charge in [-0.25, -0.2) is 0 Å². The Kier molecular flexibility index (Phi) is 3.37. The summed E-state index contributed by atoms with van der Waals surface area (Å²) in [5.74, 6) is 0.376. The highest BCUT2D eigenvalue weighted by molar-refractivity contribution is 5.85. The van der Waals surface area contributed by atoms with Crippen LogP contribution in [0.15, 0.2) is 5.16 Å². The molecule has 0 aliphatic carbocycles. The minimum Gasteiger partial charge on any atom is -0.409 e. The van der Waals surface area contributed by atoms with Crippen LogP contribution in [0.1, 0.15) is 33.6 Å². The molecule has 0 spiro atoms. The fourth-order valence-electron chi connectivity index (χ4n) is 1.91. The Morgan fingerprint density at radius 1 is 1.43 bits per heavy atom. The number of nitrogens with two attached hydrogens (primary N) is 1. The Balaban J connectivity index is 2.57. The maximum Gasteiger partial charge on any atom is 0.145 e. The summed E-state index contributed by atoms with van der Waals surface area (Å²) >= 11 is 0. The third kappa shape index (κ3) is 2.18. The van der Waals surface area contributed by atoms with Crippen LogP contribution in [0.4, 0.5) is 0 Å². The smallest absolute Gasteiger partial charge is 0.145 e. The topological polar surface area (TPSA) is 61.8 Å². The number of oxime groups is 1. The second-order valence-electron chi connectivity index (χ2n) is 4.68. The van der Waals surface area contributed by atoms with E-state index in [-0.39, 0.29) is 5.41 Å². The number of rotatable bonds is 2. The quantitative estimate of drug-likeness (QED) is 0.304. The van der Waals surface area contributed by atoms with Crippen molar-refractivity contribution in [3.05, 3.63) is 0 Å². The lowest BCUT2D eigenvalue weighted by atomic mass is 9.79. The van der Waals surface area contributed by atoms with Gasteiger partial charge in [-0.15, -0.1) is 0 Å². The molecule has 14 heavy (non-hydrogen) atoms. The van der Waals surface area contributed by atoms with Gasteiger partial charge in [-0.2, -0.15) is 0 Å². The maximum absolute atomic E-state index is 8.68. The Morgan fingerprint density at radius 3 is 2.29 bits per heavy atom. The van der Waals surface area contributed by atoms with Crippen LogP contribution in [0.2, 0.25) is 0 Å². The van der Waals surface area contributed by atoms with Crippen LogP contribution in [0.3, 0.4) is 0 Å². The first-order valence-electron chi connectivity index (χ1n) is 5.21. The fourth-order valence-corrected chi connectivity index (χ4v) is 1.91. The van der Waals surface area contributed by atoms with E-state index < -0.39 is 0 Å². The summed E-state index contributed by atoms with van der Waals surface area (Å²) in [4.78, 5) is 2.42. The van der Waals surface area contributed by atoms with Gasteiger partial charge < -0.3 is 15.8 Å². The molecule has 0 radical (unpaired) electrons. The standard InChI is InChI=1S/C10H21N3O/c1-8(2)13-6-4-10(3,5-7-13)9(11)12-14/h8,14H,4-7H2,1-3H3,(H2,11,12). The largest absolute Gasteiger partial charge is 0.409 e. The summed E-state index contributed by atoms with van der Waals surface area (Å²) in [5, 5.41) is 11.8. The van der Waals surface area contributed by atoms with E-state index in [1.54, 1.807) is 0 Å². The zero-order valence-electron chi connectivity index (χ0n) is 9.32. The molecule has 1 aliphatic rings. The van der Waals surface area contributed by atoms with E-state index in [1.807, 2.05) is 0 Å². The minimum absolute atomic E-state index is 0.111. The Morgan fingerprint density at radius 2 is 1.93 bits per heavy atom. The van der Waals surface area contributed by atoms with Crippen molar-refractivity contribution in [3.8, 4) is 0 Å². The van der Waals surface area contributed by atoms with Gasteiger partial charge in [0.1, 0.15) is 5.84 Å². The van der Waals surface area contributed by atoms with Crippen molar-refractivity contribution in [3.63, 3.8) is 0 Å². The van der Waals surface area contributed by atoms with Crippen molar-refractivity contribution in [1.82, 2.24) is 4.90 Å². The lowest BCUT2D eigenvalue weighted by Gasteiger charge is -2.40. The van der Waals surface area contributed by atoms with Crippen molar-refractivity contribution in [2.24, 2.45) is 16.3 Å². The average molecular weight is 199 g/mol. The van der Waals surface area contributed by atoms with Crippen LogP contribution in [-0.2, 0) is 0 Å². The molecule has 0 aromatic rings. The van der Waals surface area contributed by atoms with Crippen molar-refractivity contribution in [1.29, 1.82) is 0 Å². The molecule has 82 valence electrons. The zero-order valence-corrected chi connectivity index (χ0v) is 9.32. The predicted octanol–water partition coefficient (Wildman–Crippen LogP) is 1.24. The minimum atomic E-state index is -0.111. The highest BCUT2D eigenvalue weighted by Gasteiger charge is 2.34. The summed E-state index contributed by atoms with van der Waals surface area (Å²) in [6.07, 6.45) is 1.95.